The molecule has 0 bridgehead atoms. The molecule has 0 heterocycles. The second-order valence-electron chi connectivity index (χ2n) is 3.13. The van der Waals surface area contributed by atoms with Gasteiger partial charge in [0.25, 0.3) is 0 Å². The molecule has 15 heavy (non-hydrogen) atoms. The number of hydrogen-bond donors (Lipinski definition) is 2. The van der Waals surface area contributed by atoms with Gasteiger partial charge in [-0.15, -0.1) is 0 Å². The van der Waals surface area contributed by atoms with Gasteiger partial charge in [0.1, 0.15) is 11.5 Å². The first-order chi connectivity index (χ1) is 7.19. The normalized spacial score (nSPS) is 9.87. The van der Waals surface area contributed by atoms with Crippen LogP contribution in [0.5, 0.6) is 11.5 Å². The second-order valence-corrected chi connectivity index (χ2v) is 3.13. The molecule has 0 aliphatic carbocycles. The van der Waals surface area contributed by atoms with E-state index in [1.54, 1.807) is 18.2 Å². The van der Waals surface area contributed by atoms with Gasteiger partial charge in [-0.2, -0.15) is 0 Å². The van der Waals surface area contributed by atoms with Crippen LogP contribution in [0.3, 0.4) is 0 Å². The fourth-order valence-corrected chi connectivity index (χ4v) is 1.20. The van der Waals surface area contributed by atoms with Crippen molar-refractivity contribution in [2.24, 2.45) is 0 Å². The van der Waals surface area contributed by atoms with Crippen molar-refractivity contribution in [3.63, 3.8) is 0 Å². The first-order valence-corrected chi connectivity index (χ1v) is 4.86. The zero-order valence-corrected chi connectivity index (χ0v) is 8.93. The quantitative estimate of drug-likeness (QED) is 0.680. The van der Waals surface area contributed by atoms with E-state index in [9.17, 15) is 0 Å². The Morgan fingerprint density at radius 1 is 1.33 bits per heavy atom. The first kappa shape index (κ1) is 11.9. The van der Waals surface area contributed by atoms with E-state index >= 15 is 0 Å². The van der Waals surface area contributed by atoms with E-state index in [-0.39, 0.29) is 0 Å². The molecule has 1 aromatic rings. The van der Waals surface area contributed by atoms with Crippen LogP contribution >= 0.6 is 0 Å². The highest BCUT2D eigenvalue weighted by Gasteiger charge is 2.18. The summed E-state index contributed by atoms with van der Waals surface area (Å²) in [5.41, 5.74) is 0.322. The molecule has 0 fully saturated rings. The van der Waals surface area contributed by atoms with Crippen molar-refractivity contribution in [1.82, 2.24) is 0 Å². The van der Waals surface area contributed by atoms with Gasteiger partial charge in [0.2, 0.25) is 0 Å². The highest BCUT2D eigenvalue weighted by atomic mass is 16.5. The lowest BCUT2D eigenvalue weighted by molar-refractivity contribution is 0.317. The molecule has 0 unspecified atom stereocenters. The lowest BCUT2D eigenvalue weighted by Crippen LogP contribution is -2.31. The Balaban J connectivity index is 2.93. The minimum absolute atomic E-state index is 0.322. The molecule has 0 aliphatic rings. The maximum absolute atomic E-state index is 9.14. The molecule has 82 valence electrons. The molecule has 0 amide bonds. The number of hydrogen-bond acceptors (Lipinski definition) is 4. The summed E-state index contributed by atoms with van der Waals surface area (Å²) in [6.07, 6.45) is 0.868. The smallest absolute Gasteiger partial charge is 0.492 e. The molecule has 4 nitrogen and oxygen atoms in total. The predicted molar refractivity (Wildman–Crippen MR) is 58.6 cm³/mol. The highest BCUT2D eigenvalue weighted by molar-refractivity contribution is 6.59. The maximum Gasteiger partial charge on any atom is 0.492 e. The molecular weight excluding hydrogens is 195 g/mol. The molecule has 1 rings (SSSR count). The molecule has 0 saturated carbocycles. The number of rotatable bonds is 5. The van der Waals surface area contributed by atoms with Gasteiger partial charge in [-0.25, -0.2) is 0 Å². The summed E-state index contributed by atoms with van der Waals surface area (Å²) in [6.45, 7) is 2.53. The minimum Gasteiger partial charge on any atom is -0.497 e. The van der Waals surface area contributed by atoms with Crippen LogP contribution in [-0.4, -0.2) is 30.9 Å². The minimum atomic E-state index is -1.55. The first-order valence-electron chi connectivity index (χ1n) is 4.86. The third-order valence-electron chi connectivity index (χ3n) is 1.96. The lowest BCUT2D eigenvalue weighted by atomic mass is 9.79. The topological polar surface area (TPSA) is 58.9 Å². The lowest BCUT2D eigenvalue weighted by Gasteiger charge is -2.11. The van der Waals surface area contributed by atoms with E-state index in [2.05, 4.69) is 0 Å². The van der Waals surface area contributed by atoms with E-state index in [4.69, 9.17) is 19.5 Å². The molecule has 0 radical (unpaired) electrons. The van der Waals surface area contributed by atoms with Crippen molar-refractivity contribution >= 4 is 12.6 Å². The van der Waals surface area contributed by atoms with Crippen molar-refractivity contribution in [3.8, 4) is 11.5 Å². The zero-order valence-electron chi connectivity index (χ0n) is 8.93. The number of methoxy groups -OCH3 is 1. The summed E-state index contributed by atoms with van der Waals surface area (Å²) in [5, 5.41) is 18.3. The standard InChI is InChI=1S/C10H15BO4/c1-3-6-15-10-5-4-8(14-2)7-9(10)11(12)13/h4-5,7,12-13H,3,6H2,1-2H3. The van der Waals surface area contributed by atoms with E-state index in [1.165, 1.54) is 7.11 Å². The van der Waals surface area contributed by atoms with E-state index in [0.29, 0.717) is 23.6 Å². The molecule has 0 aliphatic heterocycles. The van der Waals surface area contributed by atoms with E-state index in [1.807, 2.05) is 6.92 Å². The van der Waals surface area contributed by atoms with Crippen LogP contribution < -0.4 is 14.9 Å². The molecule has 5 heteroatoms. The molecular formula is C10H15BO4. The largest absolute Gasteiger partial charge is 0.497 e. The monoisotopic (exact) mass is 210 g/mol. The average molecular weight is 210 g/mol. The van der Waals surface area contributed by atoms with Crippen LogP contribution in [0.1, 0.15) is 13.3 Å². The van der Waals surface area contributed by atoms with Gasteiger partial charge in [0.15, 0.2) is 0 Å². The zero-order chi connectivity index (χ0) is 11.3. The summed E-state index contributed by atoms with van der Waals surface area (Å²) in [4.78, 5) is 0. The molecule has 0 saturated heterocycles. The molecule has 1 aromatic carbocycles. The Morgan fingerprint density at radius 2 is 2.07 bits per heavy atom. The number of benzene rings is 1. The van der Waals surface area contributed by atoms with Crippen LogP contribution in [0, 0.1) is 0 Å². The van der Waals surface area contributed by atoms with Gasteiger partial charge in [-0.1, -0.05) is 6.92 Å². The molecule has 0 aromatic heterocycles. The van der Waals surface area contributed by atoms with Gasteiger partial charge in [0, 0.05) is 5.46 Å². The van der Waals surface area contributed by atoms with Gasteiger partial charge < -0.3 is 19.5 Å². The van der Waals surface area contributed by atoms with Crippen molar-refractivity contribution in [2.45, 2.75) is 13.3 Å². The SMILES string of the molecule is CCCOc1ccc(OC)cc1B(O)O. The fraction of sp³-hybridized carbons (Fsp3) is 0.400. The highest BCUT2D eigenvalue weighted by Crippen LogP contribution is 2.15. The molecule has 0 atom stereocenters. The van der Waals surface area contributed by atoms with Crippen molar-refractivity contribution in [2.75, 3.05) is 13.7 Å². The van der Waals surface area contributed by atoms with Crippen molar-refractivity contribution < 1.29 is 19.5 Å². The van der Waals surface area contributed by atoms with E-state index < -0.39 is 7.12 Å². The van der Waals surface area contributed by atoms with Gasteiger partial charge in [-0.3, -0.25) is 0 Å². The van der Waals surface area contributed by atoms with E-state index in [0.717, 1.165) is 6.42 Å². The Kier molecular flexibility index (Phi) is 4.46. The summed E-state index contributed by atoms with van der Waals surface area (Å²) in [6, 6.07) is 4.94. The Labute approximate surface area is 89.6 Å². The Hall–Kier alpha value is -1.20. The van der Waals surface area contributed by atoms with Gasteiger partial charge in [-0.05, 0) is 24.6 Å². The fourth-order valence-electron chi connectivity index (χ4n) is 1.20. The van der Waals surface area contributed by atoms with Crippen LogP contribution in [0.2, 0.25) is 0 Å². The summed E-state index contributed by atoms with van der Waals surface area (Å²) in [7, 11) is -0.0259. The second kappa shape index (κ2) is 5.63. The van der Waals surface area contributed by atoms with Crippen LogP contribution in [0.15, 0.2) is 18.2 Å². The summed E-state index contributed by atoms with van der Waals surface area (Å²) >= 11 is 0. The van der Waals surface area contributed by atoms with Crippen LogP contribution in [-0.2, 0) is 0 Å². The summed E-state index contributed by atoms with van der Waals surface area (Å²) < 4.78 is 10.4. The maximum atomic E-state index is 9.14. The van der Waals surface area contributed by atoms with Crippen molar-refractivity contribution in [1.29, 1.82) is 0 Å². The third kappa shape index (κ3) is 3.14. The van der Waals surface area contributed by atoms with Crippen LogP contribution in [0.25, 0.3) is 0 Å². The van der Waals surface area contributed by atoms with Crippen molar-refractivity contribution in [3.05, 3.63) is 18.2 Å². The van der Waals surface area contributed by atoms with Gasteiger partial charge in [0.05, 0.1) is 13.7 Å². The number of ether oxygens (including phenoxy) is 2. The Bertz CT molecular complexity index is 314. The third-order valence-corrected chi connectivity index (χ3v) is 1.96. The average Bonchev–Trinajstić information content (AvgIpc) is 2.26. The predicted octanol–water partition coefficient (Wildman–Crippen LogP) is 0.164. The van der Waals surface area contributed by atoms with Crippen LogP contribution in [0.4, 0.5) is 0 Å². The van der Waals surface area contributed by atoms with Gasteiger partial charge >= 0.3 is 7.12 Å². The molecule has 2 N–H and O–H groups in total. The molecule has 0 spiro atoms. The summed E-state index contributed by atoms with van der Waals surface area (Å²) in [5.74, 6) is 1.05. The Morgan fingerprint density at radius 3 is 2.60 bits per heavy atom.